The molecule has 3 aromatic rings. The lowest BCUT2D eigenvalue weighted by Gasteiger charge is -2.47. The number of nitrogens with one attached hydrogen (secondary N) is 1. The lowest BCUT2D eigenvalue weighted by atomic mass is 9.63. The summed E-state index contributed by atoms with van der Waals surface area (Å²) >= 11 is 0. The Morgan fingerprint density at radius 1 is 0.939 bits per heavy atom. The molecule has 0 radical (unpaired) electrons. The molecule has 0 aromatic heterocycles. The van der Waals surface area contributed by atoms with Crippen LogP contribution in [0.2, 0.25) is 0 Å². The van der Waals surface area contributed by atoms with Crippen LogP contribution in [0.3, 0.4) is 0 Å². The molecule has 0 aliphatic heterocycles. The first-order chi connectivity index (χ1) is 16.0. The number of benzene rings is 3. The molecule has 5 nitrogen and oxygen atoms in total. The molecule has 33 heavy (non-hydrogen) atoms. The number of methoxy groups -OCH3 is 1. The van der Waals surface area contributed by atoms with Gasteiger partial charge in [0, 0.05) is 11.8 Å². The van der Waals surface area contributed by atoms with Crippen LogP contribution in [-0.4, -0.2) is 31.3 Å². The molecule has 0 spiro atoms. The first-order valence-electron chi connectivity index (χ1n) is 11.3. The molecular weight excluding hydrogens is 414 g/mol. The van der Waals surface area contributed by atoms with E-state index in [1.165, 1.54) is 18.2 Å². The van der Waals surface area contributed by atoms with E-state index in [0.29, 0.717) is 6.42 Å². The van der Waals surface area contributed by atoms with Crippen molar-refractivity contribution in [2.45, 2.75) is 37.1 Å². The Bertz CT molecular complexity index is 1160. The van der Waals surface area contributed by atoms with Crippen molar-refractivity contribution < 1.29 is 19.1 Å². The number of hydrogen-bond donors (Lipinski definition) is 1. The number of hydrogen-bond acceptors (Lipinski definition) is 4. The zero-order valence-corrected chi connectivity index (χ0v) is 18.8. The molecule has 1 amide bonds. The second-order valence-corrected chi connectivity index (χ2v) is 8.92. The maximum Gasteiger partial charge on any atom is 0.408 e. The third kappa shape index (κ3) is 3.58. The molecule has 5 heteroatoms. The molecule has 2 aliphatic carbocycles. The number of carbonyl (C=O) groups is 2. The fourth-order valence-electron chi connectivity index (χ4n) is 5.27. The molecule has 2 aliphatic rings. The highest BCUT2D eigenvalue weighted by Gasteiger charge is 2.55. The molecule has 1 N–H and O–H groups in total. The number of amides is 1. The summed E-state index contributed by atoms with van der Waals surface area (Å²) in [6.45, 7) is 2.22. The molecule has 5 rings (SSSR count). The van der Waals surface area contributed by atoms with Gasteiger partial charge in [-0.3, -0.25) is 0 Å². The van der Waals surface area contributed by atoms with Gasteiger partial charge < -0.3 is 14.8 Å². The van der Waals surface area contributed by atoms with Crippen LogP contribution in [-0.2, 0) is 14.3 Å². The van der Waals surface area contributed by atoms with Crippen molar-refractivity contribution in [3.63, 3.8) is 0 Å². The number of aryl methyl sites for hydroxylation is 1. The van der Waals surface area contributed by atoms with E-state index in [0.717, 1.165) is 28.7 Å². The molecule has 0 bridgehead atoms. The van der Waals surface area contributed by atoms with Crippen molar-refractivity contribution in [1.82, 2.24) is 5.32 Å². The summed E-state index contributed by atoms with van der Waals surface area (Å²) in [7, 11) is 1.36. The minimum Gasteiger partial charge on any atom is -0.467 e. The minimum absolute atomic E-state index is 0.0356. The number of carbonyl (C=O) groups excluding carboxylic acids is 2. The van der Waals surface area contributed by atoms with Crippen molar-refractivity contribution in [1.29, 1.82) is 0 Å². The largest absolute Gasteiger partial charge is 0.467 e. The fraction of sp³-hybridized carbons (Fsp3) is 0.286. The Kier molecular flexibility index (Phi) is 5.41. The Hall–Kier alpha value is -3.60. The van der Waals surface area contributed by atoms with Crippen LogP contribution in [0.25, 0.3) is 11.1 Å². The van der Waals surface area contributed by atoms with Gasteiger partial charge in [0.15, 0.2) is 0 Å². The highest BCUT2D eigenvalue weighted by atomic mass is 16.6. The highest BCUT2D eigenvalue weighted by Crippen LogP contribution is 2.47. The lowest BCUT2D eigenvalue weighted by Crippen LogP contribution is -2.64. The van der Waals surface area contributed by atoms with Gasteiger partial charge in [-0.25, -0.2) is 9.59 Å². The maximum absolute atomic E-state index is 12.9. The second kappa shape index (κ2) is 8.39. The summed E-state index contributed by atoms with van der Waals surface area (Å²) in [5, 5.41) is 2.88. The van der Waals surface area contributed by atoms with Crippen LogP contribution in [0.1, 0.15) is 46.9 Å². The lowest BCUT2D eigenvalue weighted by molar-refractivity contribution is -0.153. The molecule has 3 aromatic carbocycles. The molecule has 0 unspecified atom stereocenters. The summed E-state index contributed by atoms with van der Waals surface area (Å²) in [5.41, 5.74) is 5.69. The average molecular weight is 442 g/mol. The van der Waals surface area contributed by atoms with E-state index >= 15 is 0 Å². The van der Waals surface area contributed by atoms with Gasteiger partial charge >= 0.3 is 12.1 Å². The van der Waals surface area contributed by atoms with Crippen LogP contribution in [0.15, 0.2) is 72.8 Å². The van der Waals surface area contributed by atoms with Gasteiger partial charge in [-0.05, 0) is 47.6 Å². The Morgan fingerprint density at radius 3 is 2.09 bits per heavy atom. The van der Waals surface area contributed by atoms with Gasteiger partial charge in [0.25, 0.3) is 0 Å². The van der Waals surface area contributed by atoms with E-state index in [2.05, 4.69) is 29.6 Å². The maximum atomic E-state index is 12.9. The van der Waals surface area contributed by atoms with E-state index in [-0.39, 0.29) is 18.4 Å². The predicted octanol–water partition coefficient (Wildman–Crippen LogP) is 5.32. The molecule has 1 saturated carbocycles. The summed E-state index contributed by atoms with van der Waals surface area (Å²) in [6, 6.07) is 24.5. The van der Waals surface area contributed by atoms with E-state index in [1.807, 2.05) is 55.5 Å². The Balaban J connectivity index is 1.34. The smallest absolute Gasteiger partial charge is 0.408 e. The summed E-state index contributed by atoms with van der Waals surface area (Å²) < 4.78 is 10.8. The highest BCUT2D eigenvalue weighted by molar-refractivity contribution is 5.88. The van der Waals surface area contributed by atoms with E-state index in [9.17, 15) is 9.59 Å². The summed E-state index contributed by atoms with van der Waals surface area (Å²) in [4.78, 5) is 25.7. The van der Waals surface area contributed by atoms with Gasteiger partial charge in [0.2, 0.25) is 0 Å². The van der Waals surface area contributed by atoms with Gasteiger partial charge in [-0.1, -0.05) is 78.4 Å². The number of rotatable bonds is 5. The van der Waals surface area contributed by atoms with Gasteiger partial charge in [0.05, 0.1) is 7.11 Å². The molecule has 1 fully saturated rings. The Morgan fingerprint density at radius 2 is 1.55 bits per heavy atom. The summed E-state index contributed by atoms with van der Waals surface area (Å²) in [5.74, 6) is -0.620. The fourth-order valence-corrected chi connectivity index (χ4v) is 5.27. The van der Waals surface area contributed by atoms with E-state index < -0.39 is 17.6 Å². The Labute approximate surface area is 193 Å². The predicted molar refractivity (Wildman–Crippen MR) is 126 cm³/mol. The van der Waals surface area contributed by atoms with E-state index in [4.69, 9.17) is 9.47 Å². The molecule has 0 saturated heterocycles. The second-order valence-electron chi connectivity index (χ2n) is 8.92. The zero-order valence-electron chi connectivity index (χ0n) is 18.8. The van der Waals surface area contributed by atoms with Gasteiger partial charge in [-0.2, -0.15) is 0 Å². The first kappa shape index (κ1) is 21.3. The number of fused-ring (bicyclic) bond motifs is 3. The number of ether oxygens (including phenoxy) is 2. The van der Waals surface area contributed by atoms with Gasteiger partial charge in [0.1, 0.15) is 12.1 Å². The number of alkyl carbamates (subject to hydrolysis) is 1. The van der Waals surface area contributed by atoms with Crippen LogP contribution >= 0.6 is 0 Å². The molecular formula is C28H27NO4. The van der Waals surface area contributed by atoms with Crippen molar-refractivity contribution in [2.24, 2.45) is 0 Å². The van der Waals surface area contributed by atoms with Gasteiger partial charge in [-0.15, -0.1) is 0 Å². The van der Waals surface area contributed by atoms with Crippen molar-refractivity contribution >= 4 is 12.1 Å². The topological polar surface area (TPSA) is 64.6 Å². The monoisotopic (exact) mass is 441 g/mol. The third-order valence-electron chi connectivity index (χ3n) is 7.12. The SMILES string of the molecule is COC(=O)[C@@]1(NC(=O)OCC2c3ccccc3-c3ccccc32)CC[C@@H]1c1ccc(C)cc1. The molecule has 0 heterocycles. The van der Waals surface area contributed by atoms with Crippen molar-refractivity contribution in [3.8, 4) is 11.1 Å². The minimum atomic E-state index is -1.10. The third-order valence-corrected chi connectivity index (χ3v) is 7.12. The molecule has 168 valence electrons. The standard InChI is InChI=1S/C28H27NO4/c1-18-11-13-19(14-12-18)25-15-16-28(25,26(30)32-2)29-27(31)33-17-24-22-9-5-3-7-20(22)21-8-4-6-10-23(21)24/h3-14,24-25H,15-17H2,1-2H3,(H,29,31)/t25-,28-/m1/s1. The normalized spacial score (nSPS) is 20.8. The van der Waals surface area contributed by atoms with E-state index in [1.54, 1.807) is 0 Å². The summed E-state index contributed by atoms with van der Waals surface area (Å²) in [6.07, 6.45) is 0.712. The van der Waals surface area contributed by atoms with Crippen molar-refractivity contribution in [3.05, 3.63) is 95.1 Å². The van der Waals surface area contributed by atoms with Crippen LogP contribution in [0.4, 0.5) is 4.79 Å². The first-order valence-corrected chi connectivity index (χ1v) is 11.3. The van der Waals surface area contributed by atoms with Crippen LogP contribution < -0.4 is 5.32 Å². The van der Waals surface area contributed by atoms with Crippen molar-refractivity contribution in [2.75, 3.05) is 13.7 Å². The average Bonchev–Trinajstić information content (AvgIpc) is 3.15. The molecule has 2 atom stereocenters. The quantitative estimate of drug-likeness (QED) is 0.544. The zero-order chi connectivity index (χ0) is 23.0. The van der Waals surface area contributed by atoms with Crippen LogP contribution in [0.5, 0.6) is 0 Å². The van der Waals surface area contributed by atoms with Crippen LogP contribution in [0, 0.1) is 6.92 Å². The number of esters is 1.